The van der Waals surface area contributed by atoms with E-state index in [-0.39, 0.29) is 6.61 Å². The van der Waals surface area contributed by atoms with Crippen LogP contribution in [0.5, 0.6) is 0 Å². The summed E-state index contributed by atoms with van der Waals surface area (Å²) >= 11 is 1.88. The molecule has 0 unspecified atom stereocenters. The van der Waals surface area contributed by atoms with Crippen LogP contribution < -0.4 is 5.73 Å². The van der Waals surface area contributed by atoms with Gasteiger partial charge in [-0.15, -0.1) is 0 Å². The van der Waals surface area contributed by atoms with Gasteiger partial charge in [0.1, 0.15) is 5.82 Å². The molecule has 0 fully saturated rings. The minimum absolute atomic E-state index is 0.0951. The normalized spacial score (nSPS) is 15.8. The number of aromatic nitrogens is 2. The van der Waals surface area contributed by atoms with Crippen LogP contribution in [0, 0.1) is 0 Å². The van der Waals surface area contributed by atoms with Crippen LogP contribution in [0.25, 0.3) is 0 Å². The molecule has 0 aromatic carbocycles. The largest absolute Gasteiger partial charge is 0.394 e. The second kappa shape index (κ2) is 3.59. The molecule has 3 N–H and O–H groups in total. The first-order chi connectivity index (χ1) is 6.33. The molecule has 5 heteroatoms. The number of aliphatic hydroxyl groups is 1. The standard InChI is InChI=1S/C8H13N3OS/c9-8-6-1-4-13-5-7(6)10-11(8)2-3-12/h12H,1-5,9H2. The summed E-state index contributed by atoms with van der Waals surface area (Å²) < 4.78 is 1.70. The molecule has 13 heavy (non-hydrogen) atoms. The highest BCUT2D eigenvalue weighted by molar-refractivity contribution is 7.98. The number of anilines is 1. The molecule has 4 nitrogen and oxygen atoms in total. The average Bonchev–Trinajstić information content (AvgIpc) is 2.46. The van der Waals surface area contributed by atoms with Gasteiger partial charge in [-0.05, 0) is 12.2 Å². The number of hydrogen-bond acceptors (Lipinski definition) is 4. The van der Waals surface area contributed by atoms with Gasteiger partial charge in [-0.1, -0.05) is 0 Å². The zero-order valence-electron chi connectivity index (χ0n) is 7.36. The molecule has 1 aliphatic heterocycles. The van der Waals surface area contributed by atoms with Gasteiger partial charge in [-0.25, -0.2) is 4.68 Å². The molecule has 0 aliphatic carbocycles. The van der Waals surface area contributed by atoms with Crippen LogP contribution >= 0.6 is 11.8 Å². The number of nitrogen functional groups attached to an aromatic ring is 1. The molecule has 0 saturated carbocycles. The van der Waals surface area contributed by atoms with Gasteiger partial charge in [0, 0.05) is 11.3 Å². The lowest BCUT2D eigenvalue weighted by Gasteiger charge is -2.08. The third-order valence-electron chi connectivity index (χ3n) is 2.22. The predicted molar refractivity (Wildman–Crippen MR) is 53.6 cm³/mol. The van der Waals surface area contributed by atoms with Crippen molar-refractivity contribution in [2.75, 3.05) is 18.1 Å². The SMILES string of the molecule is Nc1c2c(nn1CCO)CSCC2. The highest BCUT2D eigenvalue weighted by Crippen LogP contribution is 2.27. The van der Waals surface area contributed by atoms with E-state index in [9.17, 15) is 0 Å². The van der Waals surface area contributed by atoms with Crippen molar-refractivity contribution in [1.82, 2.24) is 9.78 Å². The Morgan fingerprint density at radius 1 is 1.62 bits per heavy atom. The Morgan fingerprint density at radius 3 is 3.15 bits per heavy atom. The lowest BCUT2D eigenvalue weighted by Crippen LogP contribution is -2.08. The van der Waals surface area contributed by atoms with Gasteiger partial charge in [0.25, 0.3) is 0 Å². The average molecular weight is 199 g/mol. The van der Waals surface area contributed by atoms with Gasteiger partial charge < -0.3 is 10.8 Å². The van der Waals surface area contributed by atoms with Gasteiger partial charge in [-0.2, -0.15) is 16.9 Å². The van der Waals surface area contributed by atoms with Crippen molar-refractivity contribution in [3.8, 4) is 0 Å². The third-order valence-corrected chi connectivity index (χ3v) is 3.19. The van der Waals surface area contributed by atoms with Crippen molar-refractivity contribution in [3.63, 3.8) is 0 Å². The van der Waals surface area contributed by atoms with Gasteiger partial charge in [0.2, 0.25) is 0 Å². The van der Waals surface area contributed by atoms with E-state index < -0.39 is 0 Å². The molecule has 2 rings (SSSR count). The molecule has 1 aromatic rings. The first kappa shape index (κ1) is 8.90. The maximum absolute atomic E-state index is 8.78. The summed E-state index contributed by atoms with van der Waals surface area (Å²) in [6.07, 6.45) is 1.01. The fourth-order valence-electron chi connectivity index (χ4n) is 1.56. The molecule has 0 radical (unpaired) electrons. The first-order valence-corrected chi connectivity index (χ1v) is 5.51. The Bertz CT molecular complexity index is 311. The minimum atomic E-state index is 0.0951. The lowest BCUT2D eigenvalue weighted by atomic mass is 10.2. The van der Waals surface area contributed by atoms with Gasteiger partial charge >= 0.3 is 0 Å². The molecule has 0 atom stereocenters. The smallest absolute Gasteiger partial charge is 0.125 e. The van der Waals surface area contributed by atoms with Crippen LogP contribution in [0.4, 0.5) is 5.82 Å². The van der Waals surface area contributed by atoms with Gasteiger partial charge in [0.05, 0.1) is 18.8 Å². The topological polar surface area (TPSA) is 64.1 Å². The Balaban J connectivity index is 2.33. The van der Waals surface area contributed by atoms with E-state index in [4.69, 9.17) is 10.8 Å². The first-order valence-electron chi connectivity index (χ1n) is 4.35. The fraction of sp³-hybridized carbons (Fsp3) is 0.625. The fourth-order valence-corrected chi connectivity index (χ4v) is 2.48. The van der Waals surface area contributed by atoms with Crippen molar-refractivity contribution in [2.45, 2.75) is 18.7 Å². The quantitative estimate of drug-likeness (QED) is 0.716. The number of fused-ring (bicyclic) bond motifs is 1. The van der Waals surface area contributed by atoms with Crippen LogP contribution in [-0.4, -0.2) is 27.2 Å². The number of hydrogen-bond donors (Lipinski definition) is 2. The summed E-state index contributed by atoms with van der Waals surface area (Å²) in [6, 6.07) is 0. The lowest BCUT2D eigenvalue weighted by molar-refractivity contribution is 0.270. The van der Waals surface area contributed by atoms with Crippen molar-refractivity contribution in [3.05, 3.63) is 11.3 Å². The maximum atomic E-state index is 8.78. The number of rotatable bonds is 2. The van der Waals surface area contributed by atoms with E-state index >= 15 is 0 Å². The highest BCUT2D eigenvalue weighted by Gasteiger charge is 2.18. The Labute approximate surface area is 81.1 Å². The maximum Gasteiger partial charge on any atom is 0.125 e. The van der Waals surface area contributed by atoms with E-state index in [0.29, 0.717) is 6.54 Å². The van der Waals surface area contributed by atoms with Crippen molar-refractivity contribution in [2.24, 2.45) is 0 Å². The van der Waals surface area contributed by atoms with Crippen LogP contribution in [0.2, 0.25) is 0 Å². The Hall–Kier alpha value is -0.680. The van der Waals surface area contributed by atoms with E-state index in [1.54, 1.807) is 4.68 Å². The number of aliphatic hydroxyl groups excluding tert-OH is 1. The molecular weight excluding hydrogens is 186 g/mol. The summed E-state index contributed by atoms with van der Waals surface area (Å²) in [5.41, 5.74) is 8.18. The summed E-state index contributed by atoms with van der Waals surface area (Å²) in [4.78, 5) is 0. The molecule has 1 aromatic heterocycles. The number of thioether (sulfide) groups is 1. The van der Waals surface area contributed by atoms with Crippen LogP contribution in [0.3, 0.4) is 0 Å². The molecule has 0 saturated heterocycles. The number of nitrogens with zero attached hydrogens (tertiary/aromatic N) is 2. The zero-order valence-corrected chi connectivity index (χ0v) is 8.18. The molecule has 1 aliphatic rings. The third kappa shape index (κ3) is 1.53. The van der Waals surface area contributed by atoms with E-state index in [1.165, 1.54) is 5.56 Å². The molecule has 0 bridgehead atoms. The summed E-state index contributed by atoms with van der Waals surface area (Å²) in [7, 11) is 0. The van der Waals surface area contributed by atoms with Crippen molar-refractivity contribution in [1.29, 1.82) is 0 Å². The van der Waals surface area contributed by atoms with Crippen molar-refractivity contribution < 1.29 is 5.11 Å². The molecular formula is C8H13N3OS. The van der Waals surface area contributed by atoms with Crippen LogP contribution in [0.1, 0.15) is 11.3 Å². The highest BCUT2D eigenvalue weighted by atomic mass is 32.2. The Kier molecular flexibility index (Phi) is 2.46. The molecule has 72 valence electrons. The zero-order chi connectivity index (χ0) is 9.26. The predicted octanol–water partition coefficient (Wildman–Crippen LogP) is 0.247. The monoisotopic (exact) mass is 199 g/mol. The second-order valence-electron chi connectivity index (χ2n) is 3.06. The van der Waals surface area contributed by atoms with Crippen LogP contribution in [-0.2, 0) is 18.7 Å². The minimum Gasteiger partial charge on any atom is -0.394 e. The molecule has 0 spiro atoms. The summed E-state index contributed by atoms with van der Waals surface area (Å²) in [6.45, 7) is 0.599. The van der Waals surface area contributed by atoms with E-state index in [2.05, 4.69) is 5.10 Å². The number of nitrogens with two attached hydrogens (primary N) is 1. The summed E-state index contributed by atoms with van der Waals surface area (Å²) in [5, 5.41) is 13.1. The Morgan fingerprint density at radius 2 is 2.46 bits per heavy atom. The van der Waals surface area contributed by atoms with Gasteiger partial charge in [-0.3, -0.25) is 0 Å². The molecule has 2 heterocycles. The second-order valence-corrected chi connectivity index (χ2v) is 4.16. The van der Waals surface area contributed by atoms with Gasteiger partial charge in [0.15, 0.2) is 0 Å². The van der Waals surface area contributed by atoms with E-state index in [0.717, 1.165) is 29.4 Å². The molecule has 0 amide bonds. The van der Waals surface area contributed by atoms with Crippen LogP contribution in [0.15, 0.2) is 0 Å². The van der Waals surface area contributed by atoms with Crippen molar-refractivity contribution >= 4 is 17.6 Å². The van der Waals surface area contributed by atoms with E-state index in [1.807, 2.05) is 11.8 Å². The summed E-state index contributed by atoms with van der Waals surface area (Å²) in [5.74, 6) is 2.82.